The van der Waals surface area contributed by atoms with Gasteiger partial charge in [-0.2, -0.15) is 12.8 Å². The topological polar surface area (TPSA) is 46.5 Å². The lowest BCUT2D eigenvalue weighted by atomic mass is 10.1. The fraction of sp³-hybridized carbons (Fsp3) is 0.0714. The van der Waals surface area contributed by atoms with E-state index in [0.717, 1.165) is 11.1 Å². The van der Waals surface area contributed by atoms with E-state index in [4.69, 9.17) is 0 Å². The molecule has 0 radical (unpaired) electrons. The number of nitrogens with zero attached hydrogens (tertiary/aromatic N) is 1. The molecule has 0 saturated heterocycles. The Bertz CT molecular complexity index is 661. The van der Waals surface area contributed by atoms with Crippen molar-refractivity contribution in [2.45, 2.75) is 11.8 Å². The van der Waals surface area contributed by atoms with Gasteiger partial charge in [-0.3, -0.25) is 0 Å². The molecule has 18 heavy (non-hydrogen) atoms. The lowest BCUT2D eigenvalue weighted by molar-refractivity contribution is 0.598. The zero-order valence-corrected chi connectivity index (χ0v) is 10.8. The van der Waals surface area contributed by atoms with Crippen LogP contribution in [0.3, 0.4) is 0 Å². The minimum Gasteiger partial charge on any atom is -0.199 e. The van der Waals surface area contributed by atoms with Gasteiger partial charge in [-0.25, -0.2) is 0 Å². The SMILES string of the molecule is Cc1ccccc1C=NS(=O)(=O)c1ccccc1. The van der Waals surface area contributed by atoms with E-state index in [1.807, 2.05) is 31.2 Å². The number of sulfonamides is 1. The van der Waals surface area contributed by atoms with Gasteiger partial charge in [0.05, 0.1) is 4.90 Å². The lowest BCUT2D eigenvalue weighted by Gasteiger charge is -1.99. The van der Waals surface area contributed by atoms with Gasteiger partial charge in [0.25, 0.3) is 10.0 Å². The van der Waals surface area contributed by atoms with Crippen LogP contribution in [0.1, 0.15) is 11.1 Å². The molecule has 2 rings (SSSR count). The molecule has 3 nitrogen and oxygen atoms in total. The van der Waals surface area contributed by atoms with Gasteiger partial charge in [-0.05, 0) is 30.2 Å². The van der Waals surface area contributed by atoms with Crippen molar-refractivity contribution < 1.29 is 8.42 Å². The second-order valence-electron chi connectivity index (χ2n) is 3.88. The fourth-order valence-electron chi connectivity index (χ4n) is 1.51. The van der Waals surface area contributed by atoms with Crippen LogP contribution in [-0.4, -0.2) is 14.6 Å². The second kappa shape index (κ2) is 5.14. The minimum absolute atomic E-state index is 0.204. The summed E-state index contributed by atoms with van der Waals surface area (Å²) >= 11 is 0. The Morgan fingerprint density at radius 2 is 1.56 bits per heavy atom. The maximum absolute atomic E-state index is 11.9. The molecule has 0 amide bonds. The first-order valence-corrected chi connectivity index (χ1v) is 6.95. The van der Waals surface area contributed by atoms with Gasteiger partial charge in [-0.15, -0.1) is 0 Å². The molecule has 0 spiro atoms. The monoisotopic (exact) mass is 259 g/mol. The van der Waals surface area contributed by atoms with E-state index in [2.05, 4.69) is 4.40 Å². The lowest BCUT2D eigenvalue weighted by Crippen LogP contribution is -1.98. The molecule has 0 fully saturated rings. The molecular weight excluding hydrogens is 246 g/mol. The molecule has 92 valence electrons. The molecule has 0 saturated carbocycles. The van der Waals surface area contributed by atoms with E-state index in [9.17, 15) is 8.42 Å². The molecule has 0 bridgehead atoms. The van der Waals surface area contributed by atoms with Crippen LogP contribution in [0.15, 0.2) is 63.9 Å². The van der Waals surface area contributed by atoms with Gasteiger partial charge >= 0.3 is 0 Å². The maximum Gasteiger partial charge on any atom is 0.282 e. The molecule has 0 aromatic heterocycles. The van der Waals surface area contributed by atoms with Crippen LogP contribution >= 0.6 is 0 Å². The van der Waals surface area contributed by atoms with Crippen molar-refractivity contribution in [3.8, 4) is 0 Å². The Hall–Kier alpha value is -1.94. The highest BCUT2D eigenvalue weighted by Crippen LogP contribution is 2.12. The van der Waals surface area contributed by atoms with Gasteiger partial charge in [0.1, 0.15) is 0 Å². The quantitative estimate of drug-likeness (QED) is 0.796. The van der Waals surface area contributed by atoms with Gasteiger partial charge in [-0.1, -0.05) is 42.5 Å². The summed E-state index contributed by atoms with van der Waals surface area (Å²) in [7, 11) is -3.61. The smallest absolute Gasteiger partial charge is 0.199 e. The summed E-state index contributed by atoms with van der Waals surface area (Å²) in [6.07, 6.45) is 1.39. The summed E-state index contributed by atoms with van der Waals surface area (Å²) in [5.41, 5.74) is 1.79. The molecule has 2 aromatic carbocycles. The van der Waals surface area contributed by atoms with Crippen molar-refractivity contribution >= 4 is 16.2 Å². The summed E-state index contributed by atoms with van der Waals surface area (Å²) in [5.74, 6) is 0. The van der Waals surface area contributed by atoms with Crippen molar-refractivity contribution in [3.05, 3.63) is 65.7 Å². The van der Waals surface area contributed by atoms with E-state index < -0.39 is 10.0 Å². The van der Waals surface area contributed by atoms with E-state index in [-0.39, 0.29) is 4.90 Å². The standard InChI is InChI=1S/C14H13NO2S/c1-12-7-5-6-8-13(12)11-15-18(16,17)14-9-3-2-4-10-14/h2-11H,1H3. The third kappa shape index (κ3) is 2.84. The highest BCUT2D eigenvalue weighted by Gasteiger charge is 2.10. The third-order valence-corrected chi connectivity index (χ3v) is 3.81. The Labute approximate surface area is 107 Å². The normalized spacial score (nSPS) is 11.8. The fourth-order valence-corrected chi connectivity index (χ4v) is 2.39. The van der Waals surface area contributed by atoms with E-state index in [0.29, 0.717) is 0 Å². The average molecular weight is 259 g/mol. The minimum atomic E-state index is -3.61. The Morgan fingerprint density at radius 3 is 2.22 bits per heavy atom. The third-order valence-electron chi connectivity index (χ3n) is 2.56. The summed E-state index contributed by atoms with van der Waals surface area (Å²) < 4.78 is 27.5. The van der Waals surface area contributed by atoms with Crippen LogP contribution < -0.4 is 0 Å². The van der Waals surface area contributed by atoms with E-state index in [1.54, 1.807) is 18.2 Å². The van der Waals surface area contributed by atoms with Gasteiger partial charge in [0, 0.05) is 6.21 Å². The van der Waals surface area contributed by atoms with Crippen molar-refractivity contribution in [1.82, 2.24) is 0 Å². The number of hydrogen-bond donors (Lipinski definition) is 0. The largest absolute Gasteiger partial charge is 0.282 e. The molecule has 0 N–H and O–H groups in total. The summed E-state index contributed by atoms with van der Waals surface area (Å²) in [5, 5.41) is 0. The Morgan fingerprint density at radius 1 is 0.944 bits per heavy atom. The van der Waals surface area contributed by atoms with Crippen LogP contribution in [0.5, 0.6) is 0 Å². The first-order valence-electron chi connectivity index (χ1n) is 5.50. The van der Waals surface area contributed by atoms with Crippen LogP contribution in [0.25, 0.3) is 0 Å². The van der Waals surface area contributed by atoms with Crippen LogP contribution in [0, 0.1) is 6.92 Å². The highest BCUT2D eigenvalue weighted by molar-refractivity contribution is 7.90. The molecule has 0 atom stereocenters. The number of rotatable bonds is 3. The van der Waals surface area contributed by atoms with E-state index >= 15 is 0 Å². The van der Waals surface area contributed by atoms with Crippen LogP contribution in [-0.2, 0) is 10.0 Å². The van der Waals surface area contributed by atoms with Crippen LogP contribution in [0.2, 0.25) is 0 Å². The van der Waals surface area contributed by atoms with Gasteiger partial charge < -0.3 is 0 Å². The predicted octanol–water partition coefficient (Wildman–Crippen LogP) is 2.80. The molecular formula is C14H13NO2S. The zero-order chi connectivity index (χ0) is 13.0. The van der Waals surface area contributed by atoms with E-state index in [1.165, 1.54) is 18.3 Å². The average Bonchev–Trinajstić information content (AvgIpc) is 2.39. The summed E-state index contributed by atoms with van der Waals surface area (Å²) in [6.45, 7) is 1.91. The van der Waals surface area contributed by atoms with Crippen molar-refractivity contribution in [2.24, 2.45) is 4.40 Å². The Kier molecular flexibility index (Phi) is 3.58. The number of hydrogen-bond acceptors (Lipinski definition) is 2. The maximum atomic E-state index is 11.9. The Balaban J connectivity index is 2.32. The first kappa shape index (κ1) is 12.5. The van der Waals surface area contributed by atoms with Crippen molar-refractivity contribution in [2.75, 3.05) is 0 Å². The number of benzene rings is 2. The molecule has 4 heteroatoms. The highest BCUT2D eigenvalue weighted by atomic mass is 32.2. The molecule has 0 aliphatic carbocycles. The summed E-state index contributed by atoms with van der Waals surface area (Å²) in [6, 6.07) is 15.7. The van der Waals surface area contributed by atoms with Gasteiger partial charge in [0.2, 0.25) is 0 Å². The molecule has 0 heterocycles. The molecule has 0 unspecified atom stereocenters. The number of aryl methyl sites for hydroxylation is 1. The van der Waals surface area contributed by atoms with Gasteiger partial charge in [0.15, 0.2) is 0 Å². The molecule has 0 aliphatic heterocycles. The summed E-state index contributed by atoms with van der Waals surface area (Å²) in [4.78, 5) is 0.204. The van der Waals surface area contributed by atoms with Crippen LogP contribution in [0.4, 0.5) is 0 Å². The molecule has 0 aliphatic rings. The second-order valence-corrected chi connectivity index (χ2v) is 5.51. The predicted molar refractivity (Wildman–Crippen MR) is 72.4 cm³/mol. The zero-order valence-electron chi connectivity index (χ0n) is 9.95. The molecule has 2 aromatic rings. The van der Waals surface area contributed by atoms with Crippen molar-refractivity contribution in [1.29, 1.82) is 0 Å². The first-order chi connectivity index (χ1) is 8.59. The van der Waals surface area contributed by atoms with Crippen molar-refractivity contribution in [3.63, 3.8) is 0 Å².